The molecule has 9 nitrogen and oxygen atoms in total. The minimum absolute atomic E-state index is 0.0474. The number of benzene rings is 1. The predicted molar refractivity (Wildman–Crippen MR) is 124 cm³/mol. The Kier molecular flexibility index (Phi) is 10.5. The summed E-state index contributed by atoms with van der Waals surface area (Å²) in [5, 5.41) is 0. The zero-order valence-electron chi connectivity index (χ0n) is 20.1. The number of rotatable bonds is 6. The van der Waals surface area contributed by atoms with Crippen molar-refractivity contribution in [2.45, 2.75) is 46.3 Å². The Morgan fingerprint density at radius 3 is 2.00 bits per heavy atom. The van der Waals surface area contributed by atoms with E-state index in [-0.39, 0.29) is 24.5 Å². The van der Waals surface area contributed by atoms with E-state index < -0.39 is 16.3 Å². The summed E-state index contributed by atoms with van der Waals surface area (Å²) in [4.78, 5) is 25.9. The van der Waals surface area contributed by atoms with Gasteiger partial charge in [-0.05, 0) is 29.0 Å². The summed E-state index contributed by atoms with van der Waals surface area (Å²) < 4.78 is 38.3. The molecule has 0 aliphatic heterocycles. The second kappa shape index (κ2) is 12.3. The van der Waals surface area contributed by atoms with E-state index in [2.05, 4.69) is 27.7 Å². The molecule has 1 aromatic heterocycles. The Bertz CT molecular complexity index is 1030. The van der Waals surface area contributed by atoms with Crippen molar-refractivity contribution in [3.63, 3.8) is 0 Å². The number of hydrogen-bond donors (Lipinski definition) is 1. The summed E-state index contributed by atoms with van der Waals surface area (Å²) in [6.45, 7) is 8.18. The maximum atomic E-state index is 12.3. The molecule has 1 amide bonds. The van der Waals surface area contributed by atoms with Crippen LogP contribution in [0.1, 0.15) is 61.0 Å². The number of para-hydroxylation sites is 1. The molecule has 1 aromatic carbocycles. The van der Waals surface area contributed by atoms with E-state index >= 15 is 0 Å². The standard InChI is InChI=1S/C22H29N2O4.CH4O3S/c1-15(2)18-10-7-11-19(16(3)4)20(18)28-22(26)27-14-24-12-8-9-17(13-24)21(25)23(5)6;1-5(2,3)4/h7-13,15-16H,14H2,1-6H3;1H3,(H,2,3,4)/q+1;. The summed E-state index contributed by atoms with van der Waals surface area (Å²) >= 11 is 0. The van der Waals surface area contributed by atoms with Crippen LogP contribution >= 0.6 is 0 Å². The number of carbonyl (C=O) groups is 2. The number of ether oxygens (including phenoxy) is 2. The number of pyridine rings is 1. The molecule has 10 heteroatoms. The SMILES string of the molecule is CC(C)c1cccc(C(C)C)c1OC(=O)OC[n+]1cccc(C(=O)N(C)C)c1.CS(=O)(=O)O. The minimum atomic E-state index is -3.67. The van der Waals surface area contributed by atoms with Gasteiger partial charge in [-0.25, -0.2) is 4.79 Å². The Hall–Kier alpha value is -2.98. The van der Waals surface area contributed by atoms with Gasteiger partial charge < -0.3 is 14.4 Å². The Balaban J connectivity index is 0.000000981. The van der Waals surface area contributed by atoms with Gasteiger partial charge in [0.2, 0.25) is 0 Å². The van der Waals surface area contributed by atoms with Gasteiger partial charge in [0.25, 0.3) is 22.8 Å². The molecule has 182 valence electrons. The molecule has 33 heavy (non-hydrogen) atoms. The largest absolute Gasteiger partial charge is 0.518 e. The van der Waals surface area contributed by atoms with Crippen LogP contribution in [0.15, 0.2) is 42.7 Å². The molecule has 2 aromatic rings. The van der Waals surface area contributed by atoms with Crippen molar-refractivity contribution in [3.05, 3.63) is 59.4 Å². The quantitative estimate of drug-likeness (QED) is 0.290. The van der Waals surface area contributed by atoms with E-state index in [0.29, 0.717) is 17.6 Å². The van der Waals surface area contributed by atoms with Crippen LogP contribution < -0.4 is 9.30 Å². The van der Waals surface area contributed by atoms with Crippen molar-refractivity contribution in [2.75, 3.05) is 20.4 Å². The smallest absolute Gasteiger partial charge is 0.394 e. The topological polar surface area (TPSA) is 114 Å². The molecular formula is C23H33N2O7S+. The molecule has 0 unspecified atom stereocenters. The molecule has 0 saturated carbocycles. The average Bonchev–Trinajstić information content (AvgIpc) is 2.70. The van der Waals surface area contributed by atoms with E-state index in [1.165, 1.54) is 4.90 Å². The fraction of sp³-hybridized carbons (Fsp3) is 0.435. The van der Waals surface area contributed by atoms with Crippen LogP contribution in [0.5, 0.6) is 5.75 Å². The Labute approximate surface area is 195 Å². The van der Waals surface area contributed by atoms with Gasteiger partial charge in [-0.2, -0.15) is 13.0 Å². The molecule has 1 heterocycles. The third-order valence-corrected chi connectivity index (χ3v) is 4.35. The highest BCUT2D eigenvalue weighted by molar-refractivity contribution is 7.85. The fourth-order valence-electron chi connectivity index (χ4n) is 2.83. The van der Waals surface area contributed by atoms with Crippen molar-refractivity contribution in [3.8, 4) is 5.75 Å². The summed E-state index contributed by atoms with van der Waals surface area (Å²) in [5.41, 5.74) is 2.44. The van der Waals surface area contributed by atoms with Crippen LogP contribution in [0.2, 0.25) is 0 Å². The van der Waals surface area contributed by atoms with Crippen molar-refractivity contribution >= 4 is 22.2 Å². The molecule has 2 rings (SSSR count). The molecular weight excluding hydrogens is 448 g/mol. The van der Waals surface area contributed by atoms with Gasteiger partial charge in [0.15, 0.2) is 12.4 Å². The van der Waals surface area contributed by atoms with Gasteiger partial charge in [0.1, 0.15) is 11.3 Å². The summed E-state index contributed by atoms with van der Waals surface area (Å²) in [6.07, 6.45) is 3.30. The maximum Gasteiger partial charge on any atom is 0.518 e. The van der Waals surface area contributed by atoms with Gasteiger partial charge in [0.05, 0.1) is 6.26 Å². The molecule has 0 fully saturated rings. The van der Waals surface area contributed by atoms with E-state index in [1.807, 2.05) is 18.2 Å². The average molecular weight is 482 g/mol. The number of amides is 1. The van der Waals surface area contributed by atoms with Crippen molar-refractivity contribution in [1.82, 2.24) is 4.90 Å². The molecule has 0 atom stereocenters. The first-order valence-electron chi connectivity index (χ1n) is 10.3. The summed E-state index contributed by atoms with van der Waals surface area (Å²) in [5.74, 6) is 0.873. The van der Waals surface area contributed by atoms with Crippen LogP contribution in [-0.2, 0) is 21.6 Å². The second-order valence-corrected chi connectivity index (χ2v) is 9.71. The molecule has 0 aliphatic carbocycles. The van der Waals surface area contributed by atoms with Crippen LogP contribution in [-0.4, -0.2) is 50.3 Å². The lowest BCUT2D eigenvalue weighted by Gasteiger charge is -2.18. The van der Waals surface area contributed by atoms with E-state index in [4.69, 9.17) is 14.0 Å². The van der Waals surface area contributed by atoms with Crippen LogP contribution in [0.4, 0.5) is 4.79 Å². The van der Waals surface area contributed by atoms with E-state index in [9.17, 15) is 18.0 Å². The first-order chi connectivity index (χ1) is 15.2. The lowest BCUT2D eigenvalue weighted by molar-refractivity contribution is -0.727. The highest BCUT2D eigenvalue weighted by Crippen LogP contribution is 2.34. The molecule has 0 radical (unpaired) electrons. The van der Waals surface area contributed by atoms with Crippen molar-refractivity contribution < 1.29 is 36.6 Å². The number of nitrogens with zero attached hydrogens (tertiary/aromatic N) is 2. The third-order valence-electron chi connectivity index (χ3n) is 4.35. The van der Waals surface area contributed by atoms with Crippen LogP contribution in [0.3, 0.4) is 0 Å². The minimum Gasteiger partial charge on any atom is -0.394 e. The van der Waals surface area contributed by atoms with Gasteiger partial charge in [-0.3, -0.25) is 9.35 Å². The number of aromatic nitrogens is 1. The van der Waals surface area contributed by atoms with Crippen molar-refractivity contribution in [1.29, 1.82) is 0 Å². The summed E-state index contributed by atoms with van der Waals surface area (Å²) in [6, 6.07) is 9.35. The second-order valence-electron chi connectivity index (χ2n) is 8.24. The lowest BCUT2D eigenvalue weighted by Crippen LogP contribution is -2.37. The first-order valence-corrected chi connectivity index (χ1v) is 12.2. The van der Waals surface area contributed by atoms with Gasteiger partial charge in [-0.1, -0.05) is 45.9 Å². The highest BCUT2D eigenvalue weighted by Gasteiger charge is 2.20. The molecule has 0 aliphatic rings. The molecule has 0 bridgehead atoms. The predicted octanol–water partition coefficient (Wildman–Crippen LogP) is 3.60. The van der Waals surface area contributed by atoms with Gasteiger partial charge >= 0.3 is 6.16 Å². The lowest BCUT2D eigenvalue weighted by atomic mass is 9.94. The first kappa shape index (κ1) is 28.1. The maximum absolute atomic E-state index is 12.3. The summed E-state index contributed by atoms with van der Waals surface area (Å²) in [7, 11) is -0.294. The fourth-order valence-corrected chi connectivity index (χ4v) is 2.83. The number of carbonyl (C=O) groups excluding carboxylic acids is 2. The Morgan fingerprint density at radius 2 is 1.55 bits per heavy atom. The molecule has 1 N–H and O–H groups in total. The zero-order chi connectivity index (χ0) is 25.3. The monoisotopic (exact) mass is 481 g/mol. The van der Waals surface area contributed by atoms with E-state index in [1.54, 1.807) is 43.2 Å². The normalized spacial score (nSPS) is 11.0. The molecule has 0 saturated heterocycles. The number of hydrogen-bond acceptors (Lipinski definition) is 6. The van der Waals surface area contributed by atoms with Gasteiger partial charge in [0, 0.05) is 20.2 Å². The van der Waals surface area contributed by atoms with Crippen molar-refractivity contribution in [2.24, 2.45) is 0 Å². The Morgan fingerprint density at radius 1 is 1.03 bits per heavy atom. The van der Waals surface area contributed by atoms with Crippen LogP contribution in [0, 0.1) is 0 Å². The van der Waals surface area contributed by atoms with Crippen LogP contribution in [0.25, 0.3) is 0 Å². The zero-order valence-corrected chi connectivity index (χ0v) is 20.9. The van der Waals surface area contributed by atoms with E-state index in [0.717, 1.165) is 11.1 Å². The third kappa shape index (κ3) is 10.0. The highest BCUT2D eigenvalue weighted by atomic mass is 32.2. The molecule has 0 spiro atoms. The van der Waals surface area contributed by atoms with Gasteiger partial charge in [-0.15, -0.1) is 0 Å².